The molecule has 1 N–H and O–H groups in total. The zero-order valence-corrected chi connectivity index (χ0v) is 19.7. The molecule has 0 bridgehead atoms. The van der Waals surface area contributed by atoms with Crippen LogP contribution in [-0.4, -0.2) is 52.2 Å². The maximum atomic E-state index is 12.9. The van der Waals surface area contributed by atoms with Gasteiger partial charge in [-0.1, -0.05) is 6.07 Å². The average Bonchev–Trinajstić information content (AvgIpc) is 3.58. The van der Waals surface area contributed by atoms with Crippen LogP contribution in [0.25, 0.3) is 21.1 Å². The normalized spacial score (nSPS) is 21.0. The minimum absolute atomic E-state index is 0.162. The highest BCUT2D eigenvalue weighted by Gasteiger charge is 2.44. The fourth-order valence-electron chi connectivity index (χ4n) is 5.61. The standard InChI is InChI=1S/C25H23F3N6S/c26-25(27,28)10-19-9-21-22(35-19)23(31-15-30-21)34-6-4-24(14-34)3-5-33(13-24)12-16-1-2-20-17(7-16)8-18(11-29)32-20/h1-2,7-9,15,32H,3-6,10,12-14H2. The molecule has 0 saturated carbocycles. The monoisotopic (exact) mass is 496 g/mol. The summed E-state index contributed by atoms with van der Waals surface area (Å²) in [5.74, 6) is 0.759. The molecule has 2 aliphatic heterocycles. The summed E-state index contributed by atoms with van der Waals surface area (Å²) in [5, 5.41) is 10.2. The van der Waals surface area contributed by atoms with E-state index in [-0.39, 0.29) is 10.3 Å². The number of anilines is 1. The van der Waals surface area contributed by atoms with E-state index in [2.05, 4.69) is 43.0 Å². The number of hydrogen-bond donors (Lipinski definition) is 1. The Kier molecular flexibility index (Phi) is 5.23. The van der Waals surface area contributed by atoms with Gasteiger partial charge in [-0.25, -0.2) is 9.97 Å². The van der Waals surface area contributed by atoms with Crippen molar-refractivity contribution < 1.29 is 13.2 Å². The van der Waals surface area contributed by atoms with E-state index in [0.717, 1.165) is 78.3 Å². The molecule has 10 heteroatoms. The first kappa shape index (κ1) is 22.3. The first-order valence-corrected chi connectivity index (χ1v) is 12.4. The Labute approximate surface area is 204 Å². The lowest BCUT2D eigenvalue weighted by molar-refractivity contribution is -0.126. The highest BCUT2D eigenvalue weighted by Crippen LogP contribution is 2.43. The number of aromatic nitrogens is 3. The van der Waals surface area contributed by atoms with Crippen LogP contribution in [0.1, 0.15) is 29.0 Å². The number of benzene rings is 1. The molecule has 1 spiro atoms. The summed E-state index contributed by atoms with van der Waals surface area (Å²) in [6.07, 6.45) is -1.57. The first-order valence-electron chi connectivity index (χ1n) is 11.6. The Morgan fingerprint density at radius 1 is 1.11 bits per heavy atom. The largest absolute Gasteiger partial charge is 0.393 e. The second-order valence-corrected chi connectivity index (χ2v) is 10.9. The van der Waals surface area contributed by atoms with Crippen molar-refractivity contribution in [2.45, 2.75) is 32.0 Å². The third-order valence-corrected chi connectivity index (χ3v) is 8.31. The van der Waals surface area contributed by atoms with Gasteiger partial charge in [0, 0.05) is 47.4 Å². The van der Waals surface area contributed by atoms with Crippen molar-refractivity contribution in [3.05, 3.63) is 52.8 Å². The van der Waals surface area contributed by atoms with Gasteiger partial charge in [-0.2, -0.15) is 18.4 Å². The van der Waals surface area contributed by atoms with Crippen molar-refractivity contribution in [3.8, 4) is 6.07 Å². The van der Waals surface area contributed by atoms with Gasteiger partial charge in [0.05, 0.1) is 16.6 Å². The Balaban J connectivity index is 1.16. The molecule has 1 unspecified atom stereocenters. The smallest absolute Gasteiger partial charge is 0.355 e. The van der Waals surface area contributed by atoms with Crippen molar-refractivity contribution in [2.75, 3.05) is 31.1 Å². The van der Waals surface area contributed by atoms with Gasteiger partial charge in [-0.15, -0.1) is 11.3 Å². The van der Waals surface area contributed by atoms with Crippen LogP contribution in [0.4, 0.5) is 19.0 Å². The molecule has 6 rings (SSSR count). The molecular weight excluding hydrogens is 473 g/mol. The van der Waals surface area contributed by atoms with Crippen LogP contribution in [0.15, 0.2) is 36.7 Å². The van der Waals surface area contributed by atoms with Gasteiger partial charge >= 0.3 is 6.18 Å². The van der Waals surface area contributed by atoms with E-state index in [1.165, 1.54) is 11.9 Å². The van der Waals surface area contributed by atoms with Gasteiger partial charge in [0.1, 0.15) is 23.9 Å². The van der Waals surface area contributed by atoms with Crippen molar-refractivity contribution >= 4 is 38.3 Å². The molecular formula is C25H23F3N6S. The summed E-state index contributed by atoms with van der Waals surface area (Å²) in [7, 11) is 0. The van der Waals surface area contributed by atoms with Gasteiger partial charge in [0.25, 0.3) is 0 Å². The molecule has 4 aromatic rings. The molecule has 1 atom stereocenters. The van der Waals surface area contributed by atoms with E-state index in [4.69, 9.17) is 5.26 Å². The third kappa shape index (κ3) is 4.34. The van der Waals surface area contributed by atoms with Gasteiger partial charge in [-0.3, -0.25) is 4.90 Å². The topological polar surface area (TPSA) is 71.8 Å². The summed E-state index contributed by atoms with van der Waals surface area (Å²) in [6, 6.07) is 11.9. The van der Waals surface area contributed by atoms with Crippen molar-refractivity contribution in [1.82, 2.24) is 19.9 Å². The highest BCUT2D eigenvalue weighted by molar-refractivity contribution is 7.19. The third-order valence-electron chi connectivity index (χ3n) is 7.19. The molecule has 5 heterocycles. The van der Waals surface area contributed by atoms with Crippen molar-refractivity contribution in [2.24, 2.45) is 5.41 Å². The molecule has 2 aliphatic rings. The molecule has 3 aromatic heterocycles. The van der Waals surface area contributed by atoms with E-state index in [1.807, 2.05) is 12.1 Å². The number of fused-ring (bicyclic) bond motifs is 2. The summed E-state index contributed by atoms with van der Waals surface area (Å²) in [5.41, 5.74) is 3.51. The van der Waals surface area contributed by atoms with Crippen molar-refractivity contribution in [3.63, 3.8) is 0 Å². The number of nitrogens with one attached hydrogen (secondary N) is 1. The fourth-order valence-corrected chi connectivity index (χ4v) is 6.77. The van der Waals surface area contributed by atoms with Gasteiger partial charge in [0.2, 0.25) is 0 Å². The zero-order chi connectivity index (χ0) is 24.2. The number of thiophene rings is 1. The summed E-state index contributed by atoms with van der Waals surface area (Å²) < 4.78 is 39.4. The number of H-pyrrole nitrogens is 1. The van der Waals surface area contributed by atoms with Crippen LogP contribution < -0.4 is 4.90 Å². The number of rotatable bonds is 4. The lowest BCUT2D eigenvalue weighted by Gasteiger charge is -2.25. The van der Waals surface area contributed by atoms with Crippen LogP contribution in [0.3, 0.4) is 0 Å². The molecule has 0 aliphatic carbocycles. The Morgan fingerprint density at radius 2 is 1.97 bits per heavy atom. The SMILES string of the molecule is N#Cc1cc2cc(CN3CCC4(CCN(c5ncnc6cc(CC(F)(F)F)sc56)C4)C3)ccc2[nH]1. The number of alkyl halides is 3. The number of nitrogens with zero attached hydrogens (tertiary/aromatic N) is 5. The fraction of sp³-hybridized carbons (Fsp3) is 0.400. The lowest BCUT2D eigenvalue weighted by atomic mass is 9.86. The van der Waals surface area contributed by atoms with Crippen LogP contribution in [0.5, 0.6) is 0 Å². The molecule has 2 saturated heterocycles. The molecule has 35 heavy (non-hydrogen) atoms. The molecule has 180 valence electrons. The number of nitriles is 1. The molecule has 0 radical (unpaired) electrons. The van der Waals surface area contributed by atoms with Crippen LogP contribution in [-0.2, 0) is 13.0 Å². The summed E-state index contributed by atoms with van der Waals surface area (Å²) in [6.45, 7) is 4.55. The maximum Gasteiger partial charge on any atom is 0.393 e. The molecule has 6 nitrogen and oxygen atoms in total. The second kappa shape index (κ2) is 8.21. The molecule has 0 amide bonds. The average molecular weight is 497 g/mol. The zero-order valence-electron chi connectivity index (χ0n) is 18.9. The van der Waals surface area contributed by atoms with Crippen LogP contribution >= 0.6 is 11.3 Å². The first-order chi connectivity index (χ1) is 16.8. The van der Waals surface area contributed by atoms with Crippen LogP contribution in [0, 0.1) is 16.7 Å². The lowest BCUT2D eigenvalue weighted by Crippen LogP contribution is -2.31. The predicted octanol–water partition coefficient (Wildman–Crippen LogP) is 5.25. The van der Waals surface area contributed by atoms with E-state index in [0.29, 0.717) is 11.2 Å². The van der Waals surface area contributed by atoms with Gasteiger partial charge in [0.15, 0.2) is 0 Å². The van der Waals surface area contributed by atoms with Crippen LogP contribution in [0.2, 0.25) is 0 Å². The summed E-state index contributed by atoms with van der Waals surface area (Å²) >= 11 is 1.16. The van der Waals surface area contributed by atoms with E-state index in [9.17, 15) is 13.2 Å². The molecule has 2 fully saturated rings. The molecule has 1 aromatic carbocycles. The predicted molar refractivity (Wildman–Crippen MR) is 129 cm³/mol. The Morgan fingerprint density at radius 3 is 2.80 bits per heavy atom. The van der Waals surface area contributed by atoms with E-state index >= 15 is 0 Å². The maximum absolute atomic E-state index is 12.9. The number of halogens is 3. The van der Waals surface area contributed by atoms with Gasteiger partial charge < -0.3 is 9.88 Å². The quantitative estimate of drug-likeness (QED) is 0.418. The number of hydrogen-bond acceptors (Lipinski definition) is 6. The second-order valence-electron chi connectivity index (χ2n) is 9.76. The minimum atomic E-state index is -4.23. The summed E-state index contributed by atoms with van der Waals surface area (Å²) in [4.78, 5) is 16.8. The van der Waals surface area contributed by atoms with Crippen molar-refractivity contribution in [1.29, 1.82) is 5.26 Å². The Hall–Kier alpha value is -3.16. The number of likely N-dealkylation sites (tertiary alicyclic amines) is 1. The minimum Gasteiger partial charge on any atom is -0.355 e. The number of aromatic amines is 1. The van der Waals surface area contributed by atoms with E-state index in [1.54, 1.807) is 6.07 Å². The highest BCUT2D eigenvalue weighted by atomic mass is 32.1. The van der Waals surface area contributed by atoms with E-state index < -0.39 is 12.6 Å². The Bertz CT molecular complexity index is 1450. The van der Waals surface area contributed by atoms with Gasteiger partial charge in [-0.05, 0) is 49.2 Å².